The van der Waals surface area contributed by atoms with Crippen LogP contribution >= 0.6 is 0 Å². The lowest BCUT2D eigenvalue weighted by molar-refractivity contribution is 0.0699. The molecule has 19 heavy (non-hydrogen) atoms. The number of carbonyl (C=O) groups is 1. The van der Waals surface area contributed by atoms with Gasteiger partial charge in [0.25, 0.3) is 0 Å². The predicted octanol–water partition coefficient (Wildman–Crippen LogP) is 2.49. The monoisotopic (exact) mass is 257 g/mol. The summed E-state index contributed by atoms with van der Waals surface area (Å²) in [5.41, 5.74) is 1.62. The molecule has 0 radical (unpaired) electrons. The van der Waals surface area contributed by atoms with Crippen molar-refractivity contribution in [3.05, 3.63) is 23.8 Å². The van der Waals surface area contributed by atoms with Crippen LogP contribution < -0.4 is 0 Å². The second-order valence-corrected chi connectivity index (χ2v) is 5.68. The molecule has 5 heteroatoms. The molecule has 2 aliphatic rings. The maximum atomic E-state index is 11.2. The van der Waals surface area contributed by atoms with Crippen LogP contribution in [0.1, 0.15) is 42.1 Å². The smallest absolute Gasteiger partial charge is 0.338 e. The molecule has 0 spiro atoms. The molecule has 2 aromatic rings. The van der Waals surface area contributed by atoms with E-state index in [1.165, 1.54) is 25.7 Å². The molecule has 5 nitrogen and oxygen atoms in total. The molecule has 2 saturated carbocycles. The largest absolute Gasteiger partial charge is 0.478 e. The van der Waals surface area contributed by atoms with Gasteiger partial charge < -0.3 is 5.11 Å². The van der Waals surface area contributed by atoms with Gasteiger partial charge in [0.15, 0.2) is 0 Å². The van der Waals surface area contributed by atoms with Crippen molar-refractivity contribution in [2.75, 3.05) is 0 Å². The van der Waals surface area contributed by atoms with E-state index in [2.05, 4.69) is 10.3 Å². The van der Waals surface area contributed by atoms with Gasteiger partial charge in [-0.3, -0.25) is 0 Å². The second-order valence-electron chi connectivity index (χ2n) is 5.68. The van der Waals surface area contributed by atoms with Gasteiger partial charge in [0.05, 0.1) is 17.1 Å². The number of nitrogens with zero attached hydrogens (tertiary/aromatic N) is 3. The highest BCUT2D eigenvalue weighted by atomic mass is 16.4. The predicted molar refractivity (Wildman–Crippen MR) is 69.0 cm³/mol. The molecule has 2 fully saturated rings. The zero-order chi connectivity index (χ0) is 13.0. The van der Waals surface area contributed by atoms with Crippen LogP contribution in [-0.4, -0.2) is 26.1 Å². The average molecular weight is 257 g/mol. The quantitative estimate of drug-likeness (QED) is 0.913. The maximum Gasteiger partial charge on any atom is 0.338 e. The number of carboxylic acids is 1. The first-order valence-corrected chi connectivity index (χ1v) is 6.83. The highest BCUT2D eigenvalue weighted by Crippen LogP contribution is 2.52. The van der Waals surface area contributed by atoms with E-state index >= 15 is 0 Å². The van der Waals surface area contributed by atoms with Crippen LogP contribution in [0.3, 0.4) is 0 Å². The van der Waals surface area contributed by atoms with Crippen molar-refractivity contribution in [3.63, 3.8) is 0 Å². The summed E-state index contributed by atoms with van der Waals surface area (Å²) in [5.74, 6) is 0.490. The minimum absolute atomic E-state index is 0.245. The van der Waals surface area contributed by atoms with Crippen LogP contribution in [0.2, 0.25) is 0 Å². The number of aromatic carboxylic acids is 1. The van der Waals surface area contributed by atoms with Crippen molar-refractivity contribution in [1.82, 2.24) is 15.0 Å². The van der Waals surface area contributed by atoms with E-state index in [9.17, 15) is 9.90 Å². The van der Waals surface area contributed by atoms with Crippen LogP contribution in [0.5, 0.6) is 0 Å². The van der Waals surface area contributed by atoms with E-state index in [0.29, 0.717) is 23.4 Å². The number of carboxylic acid groups (broad SMARTS) is 1. The van der Waals surface area contributed by atoms with Gasteiger partial charge in [0, 0.05) is 0 Å². The molecule has 98 valence electrons. The first kappa shape index (κ1) is 11.0. The van der Waals surface area contributed by atoms with Crippen molar-refractivity contribution in [1.29, 1.82) is 0 Å². The molecule has 0 aliphatic heterocycles. The van der Waals surface area contributed by atoms with Crippen molar-refractivity contribution in [3.8, 4) is 0 Å². The van der Waals surface area contributed by atoms with E-state index in [1.54, 1.807) is 12.1 Å². The Morgan fingerprint density at radius 3 is 2.53 bits per heavy atom. The van der Waals surface area contributed by atoms with Crippen LogP contribution in [0, 0.1) is 11.8 Å². The highest BCUT2D eigenvalue weighted by Gasteiger charge is 2.43. The summed E-state index contributed by atoms with van der Waals surface area (Å²) in [6.07, 6.45) is 5.06. The molecule has 1 aromatic carbocycles. The Balaban J connectivity index is 1.86. The Labute approximate surface area is 110 Å². The Morgan fingerprint density at radius 1 is 1.26 bits per heavy atom. The van der Waals surface area contributed by atoms with Gasteiger partial charge in [0.1, 0.15) is 5.52 Å². The Morgan fingerprint density at radius 2 is 1.95 bits per heavy atom. The van der Waals surface area contributed by atoms with E-state index in [1.807, 2.05) is 10.7 Å². The molecule has 1 N–H and O–H groups in total. The second kappa shape index (κ2) is 3.79. The molecule has 2 aliphatic carbocycles. The standard InChI is InChI=1S/C14H15N3O2/c18-14(19)10-2-1-3-11-12(10)15-16-17(11)13(8-4-5-8)9-6-7-9/h1-3,8-9,13H,4-7H2,(H,18,19). The molecular weight excluding hydrogens is 242 g/mol. The lowest BCUT2D eigenvalue weighted by atomic mass is 10.1. The van der Waals surface area contributed by atoms with E-state index in [4.69, 9.17) is 0 Å². The van der Waals surface area contributed by atoms with Crippen LogP contribution in [0.15, 0.2) is 18.2 Å². The maximum absolute atomic E-state index is 11.2. The molecule has 1 heterocycles. The summed E-state index contributed by atoms with van der Waals surface area (Å²) < 4.78 is 1.98. The average Bonchev–Trinajstić information content (AvgIpc) is 3.29. The van der Waals surface area contributed by atoms with Gasteiger partial charge >= 0.3 is 5.97 Å². The summed E-state index contributed by atoms with van der Waals surface area (Å²) in [4.78, 5) is 11.2. The third-order valence-corrected chi connectivity index (χ3v) is 4.23. The van der Waals surface area contributed by atoms with Crippen molar-refractivity contribution < 1.29 is 9.90 Å². The Hall–Kier alpha value is -1.91. The van der Waals surface area contributed by atoms with E-state index < -0.39 is 5.97 Å². The number of benzene rings is 1. The van der Waals surface area contributed by atoms with E-state index in [-0.39, 0.29) is 5.56 Å². The van der Waals surface area contributed by atoms with E-state index in [0.717, 1.165) is 5.52 Å². The number of hydrogen-bond acceptors (Lipinski definition) is 3. The lowest BCUT2D eigenvalue weighted by Gasteiger charge is -2.16. The van der Waals surface area contributed by atoms with Gasteiger partial charge in [-0.15, -0.1) is 5.10 Å². The fourth-order valence-electron chi connectivity index (χ4n) is 3.01. The van der Waals surface area contributed by atoms with Gasteiger partial charge in [-0.1, -0.05) is 11.3 Å². The van der Waals surface area contributed by atoms with Crippen molar-refractivity contribution in [2.24, 2.45) is 11.8 Å². The van der Waals surface area contributed by atoms with Gasteiger partial charge in [-0.05, 0) is 49.7 Å². The SMILES string of the molecule is O=C(O)c1cccc2c1nnn2C(C1CC1)C1CC1. The fraction of sp³-hybridized carbons (Fsp3) is 0.500. The summed E-state index contributed by atoms with van der Waals surface area (Å²) in [5, 5.41) is 17.6. The molecule has 0 unspecified atom stereocenters. The molecule has 0 amide bonds. The number of rotatable bonds is 4. The molecule has 0 bridgehead atoms. The molecule has 4 rings (SSSR count). The van der Waals surface area contributed by atoms with Crippen LogP contribution in [0.25, 0.3) is 11.0 Å². The van der Waals surface area contributed by atoms with Gasteiger partial charge in [-0.25, -0.2) is 9.48 Å². The van der Waals surface area contributed by atoms with Crippen molar-refractivity contribution in [2.45, 2.75) is 31.7 Å². The minimum atomic E-state index is -0.938. The number of hydrogen-bond donors (Lipinski definition) is 1. The lowest BCUT2D eigenvalue weighted by Crippen LogP contribution is -2.15. The first-order chi connectivity index (χ1) is 9.25. The Kier molecular flexibility index (Phi) is 2.19. The number of fused-ring (bicyclic) bond motifs is 1. The number of aromatic nitrogens is 3. The fourth-order valence-corrected chi connectivity index (χ4v) is 3.01. The van der Waals surface area contributed by atoms with Crippen LogP contribution in [-0.2, 0) is 0 Å². The van der Waals surface area contributed by atoms with Gasteiger partial charge in [-0.2, -0.15) is 0 Å². The van der Waals surface area contributed by atoms with Crippen molar-refractivity contribution >= 4 is 17.0 Å². The summed E-state index contributed by atoms with van der Waals surface area (Å²) >= 11 is 0. The summed E-state index contributed by atoms with van der Waals surface area (Å²) in [7, 11) is 0. The van der Waals surface area contributed by atoms with Crippen LogP contribution in [0.4, 0.5) is 0 Å². The normalized spacial score (nSPS) is 19.2. The molecule has 0 atom stereocenters. The zero-order valence-electron chi connectivity index (χ0n) is 10.5. The highest BCUT2D eigenvalue weighted by molar-refractivity contribution is 6.00. The Bertz CT molecular complexity index is 644. The third kappa shape index (κ3) is 1.72. The zero-order valence-corrected chi connectivity index (χ0v) is 10.5. The van der Waals surface area contributed by atoms with Gasteiger partial charge in [0.2, 0.25) is 0 Å². The molecule has 0 saturated heterocycles. The third-order valence-electron chi connectivity index (χ3n) is 4.23. The summed E-state index contributed by atoms with van der Waals surface area (Å²) in [6.45, 7) is 0. The minimum Gasteiger partial charge on any atom is -0.478 e. The topological polar surface area (TPSA) is 68.0 Å². The summed E-state index contributed by atoms with van der Waals surface area (Å²) in [6, 6.07) is 5.73. The first-order valence-electron chi connectivity index (χ1n) is 6.83. The molecule has 1 aromatic heterocycles. The molecular formula is C14H15N3O2.